The van der Waals surface area contributed by atoms with Crippen LogP contribution in [0.15, 0.2) is 35.3 Å². The third-order valence-corrected chi connectivity index (χ3v) is 2.22. The lowest BCUT2D eigenvalue weighted by Gasteiger charge is -2.08. The van der Waals surface area contributed by atoms with Crippen LogP contribution >= 0.6 is 0 Å². The van der Waals surface area contributed by atoms with Gasteiger partial charge in [-0.15, -0.1) is 0 Å². The third kappa shape index (κ3) is 3.53. The number of hydrogen-bond donors (Lipinski definition) is 1. The van der Waals surface area contributed by atoms with E-state index in [0.717, 1.165) is 12.1 Å². The SMILES string of the molecule is C=C(CNCC)Cn1cccc([N+](=O)[O-])c1=O. The summed E-state index contributed by atoms with van der Waals surface area (Å²) in [6, 6.07) is 2.69. The fourth-order valence-electron chi connectivity index (χ4n) is 1.39. The van der Waals surface area contributed by atoms with Gasteiger partial charge in [-0.3, -0.25) is 14.9 Å². The number of nitrogens with zero attached hydrogens (tertiary/aromatic N) is 2. The van der Waals surface area contributed by atoms with Crippen molar-refractivity contribution in [3.8, 4) is 0 Å². The Morgan fingerprint density at radius 1 is 1.65 bits per heavy atom. The van der Waals surface area contributed by atoms with Gasteiger partial charge in [0.1, 0.15) is 0 Å². The molecule has 0 atom stereocenters. The normalized spacial score (nSPS) is 10.2. The Morgan fingerprint density at radius 2 is 2.35 bits per heavy atom. The second-order valence-electron chi connectivity index (χ2n) is 3.61. The van der Waals surface area contributed by atoms with E-state index in [0.29, 0.717) is 6.54 Å². The summed E-state index contributed by atoms with van der Waals surface area (Å²) in [4.78, 5) is 21.6. The van der Waals surface area contributed by atoms with E-state index in [-0.39, 0.29) is 6.54 Å². The van der Waals surface area contributed by atoms with E-state index in [4.69, 9.17) is 0 Å². The molecule has 0 amide bonds. The Balaban J connectivity index is 2.85. The molecular weight excluding hydrogens is 222 g/mol. The van der Waals surface area contributed by atoms with E-state index in [1.54, 1.807) is 0 Å². The van der Waals surface area contributed by atoms with E-state index in [1.807, 2.05) is 6.92 Å². The minimum atomic E-state index is -0.675. The van der Waals surface area contributed by atoms with Gasteiger partial charge in [0.15, 0.2) is 0 Å². The van der Waals surface area contributed by atoms with Crippen LogP contribution in [0.2, 0.25) is 0 Å². The molecule has 17 heavy (non-hydrogen) atoms. The molecule has 1 heterocycles. The predicted octanol–water partition coefficient (Wildman–Crippen LogP) is 0.922. The summed E-state index contributed by atoms with van der Waals surface area (Å²) in [5, 5.41) is 13.7. The number of nitrogens with one attached hydrogen (secondary N) is 1. The lowest BCUT2D eigenvalue weighted by Crippen LogP contribution is -2.25. The number of aromatic nitrogens is 1. The molecule has 1 N–H and O–H groups in total. The van der Waals surface area contributed by atoms with Gasteiger partial charge < -0.3 is 9.88 Å². The van der Waals surface area contributed by atoms with E-state index >= 15 is 0 Å². The molecule has 0 spiro atoms. The first-order valence-corrected chi connectivity index (χ1v) is 5.27. The molecule has 0 aliphatic rings. The van der Waals surface area contributed by atoms with Gasteiger partial charge in [-0.2, -0.15) is 0 Å². The second kappa shape index (κ2) is 5.95. The van der Waals surface area contributed by atoms with Crippen molar-refractivity contribution in [2.75, 3.05) is 13.1 Å². The Kier molecular flexibility index (Phi) is 4.59. The highest BCUT2D eigenvalue weighted by atomic mass is 16.6. The fourth-order valence-corrected chi connectivity index (χ4v) is 1.39. The van der Waals surface area contributed by atoms with Gasteiger partial charge in [-0.1, -0.05) is 13.5 Å². The van der Waals surface area contributed by atoms with Crippen molar-refractivity contribution in [2.45, 2.75) is 13.5 Å². The maximum absolute atomic E-state index is 11.7. The van der Waals surface area contributed by atoms with Crippen molar-refractivity contribution in [1.82, 2.24) is 9.88 Å². The van der Waals surface area contributed by atoms with Crippen LogP contribution in [0.1, 0.15) is 6.92 Å². The topological polar surface area (TPSA) is 77.2 Å². The molecule has 0 aliphatic heterocycles. The number of rotatable bonds is 6. The minimum Gasteiger partial charge on any atom is -0.313 e. The maximum atomic E-state index is 11.7. The standard InChI is InChI=1S/C11H15N3O3/c1-3-12-7-9(2)8-13-6-4-5-10(11(13)15)14(16)17/h4-6,12H,2-3,7-8H2,1H3. The predicted molar refractivity (Wildman–Crippen MR) is 65.0 cm³/mol. The van der Waals surface area contributed by atoms with Gasteiger partial charge in [0.25, 0.3) is 0 Å². The summed E-state index contributed by atoms with van der Waals surface area (Å²) in [5.41, 5.74) is -0.214. The van der Waals surface area contributed by atoms with E-state index in [1.165, 1.54) is 22.9 Å². The summed E-state index contributed by atoms with van der Waals surface area (Å²) in [6.07, 6.45) is 1.52. The van der Waals surface area contributed by atoms with Crippen molar-refractivity contribution < 1.29 is 4.92 Å². The van der Waals surface area contributed by atoms with Crippen molar-refractivity contribution in [1.29, 1.82) is 0 Å². The van der Waals surface area contributed by atoms with Crippen LogP contribution in [-0.2, 0) is 6.54 Å². The molecular formula is C11H15N3O3. The van der Waals surface area contributed by atoms with Gasteiger partial charge in [-0.05, 0) is 18.2 Å². The number of likely N-dealkylation sites (N-methyl/N-ethyl adjacent to an activating group) is 1. The van der Waals surface area contributed by atoms with Crippen molar-refractivity contribution in [3.63, 3.8) is 0 Å². The highest BCUT2D eigenvalue weighted by Gasteiger charge is 2.13. The van der Waals surface area contributed by atoms with Gasteiger partial charge in [0.2, 0.25) is 0 Å². The lowest BCUT2D eigenvalue weighted by atomic mass is 10.3. The molecule has 0 fully saturated rings. The third-order valence-electron chi connectivity index (χ3n) is 2.22. The zero-order valence-corrected chi connectivity index (χ0v) is 9.68. The molecule has 0 radical (unpaired) electrons. The molecule has 0 saturated carbocycles. The molecule has 1 rings (SSSR count). The van der Waals surface area contributed by atoms with Crippen LogP contribution in [0.5, 0.6) is 0 Å². The van der Waals surface area contributed by atoms with Crippen molar-refractivity contribution in [3.05, 3.63) is 50.9 Å². The fraction of sp³-hybridized carbons (Fsp3) is 0.364. The van der Waals surface area contributed by atoms with Crippen LogP contribution in [0.4, 0.5) is 5.69 Å². The molecule has 92 valence electrons. The Bertz CT molecular complexity index is 479. The zero-order chi connectivity index (χ0) is 12.8. The second-order valence-corrected chi connectivity index (χ2v) is 3.61. The molecule has 6 heteroatoms. The number of nitro groups is 1. The molecule has 0 saturated heterocycles. The molecule has 1 aromatic heterocycles. The first kappa shape index (κ1) is 13.1. The Hall–Kier alpha value is -1.95. The molecule has 0 unspecified atom stereocenters. The summed E-state index contributed by atoms with van der Waals surface area (Å²) < 4.78 is 1.29. The smallest absolute Gasteiger partial charge is 0.313 e. The monoisotopic (exact) mass is 237 g/mol. The zero-order valence-electron chi connectivity index (χ0n) is 9.68. The minimum absolute atomic E-state index is 0.285. The van der Waals surface area contributed by atoms with Crippen LogP contribution < -0.4 is 10.9 Å². The summed E-state index contributed by atoms with van der Waals surface area (Å²) >= 11 is 0. The highest BCUT2D eigenvalue weighted by molar-refractivity contribution is 5.25. The first-order valence-electron chi connectivity index (χ1n) is 5.27. The Labute approximate surface area is 98.7 Å². The quantitative estimate of drug-likeness (QED) is 0.453. The molecule has 0 bridgehead atoms. The van der Waals surface area contributed by atoms with Crippen LogP contribution in [0.25, 0.3) is 0 Å². The summed E-state index contributed by atoms with van der Waals surface area (Å²) in [5.74, 6) is 0. The molecule has 0 aliphatic carbocycles. The van der Waals surface area contributed by atoms with E-state index < -0.39 is 16.2 Å². The van der Waals surface area contributed by atoms with Gasteiger partial charge in [0, 0.05) is 25.4 Å². The summed E-state index contributed by atoms with van der Waals surface area (Å²) in [6.45, 7) is 7.46. The van der Waals surface area contributed by atoms with Crippen LogP contribution in [-0.4, -0.2) is 22.6 Å². The van der Waals surface area contributed by atoms with Crippen LogP contribution in [0, 0.1) is 10.1 Å². The molecule has 0 aromatic carbocycles. The largest absolute Gasteiger partial charge is 0.334 e. The Morgan fingerprint density at radius 3 is 2.94 bits per heavy atom. The average molecular weight is 237 g/mol. The molecule has 6 nitrogen and oxygen atoms in total. The van der Waals surface area contributed by atoms with Gasteiger partial charge in [-0.25, -0.2) is 0 Å². The van der Waals surface area contributed by atoms with Crippen molar-refractivity contribution >= 4 is 5.69 Å². The van der Waals surface area contributed by atoms with Crippen molar-refractivity contribution in [2.24, 2.45) is 0 Å². The number of hydrogen-bond acceptors (Lipinski definition) is 4. The van der Waals surface area contributed by atoms with E-state index in [2.05, 4.69) is 11.9 Å². The van der Waals surface area contributed by atoms with Crippen LogP contribution in [0.3, 0.4) is 0 Å². The highest BCUT2D eigenvalue weighted by Crippen LogP contribution is 2.03. The average Bonchev–Trinajstić information content (AvgIpc) is 2.28. The maximum Gasteiger partial charge on any atom is 0.334 e. The van der Waals surface area contributed by atoms with Gasteiger partial charge in [0.05, 0.1) is 4.92 Å². The van der Waals surface area contributed by atoms with Gasteiger partial charge >= 0.3 is 11.2 Å². The van der Waals surface area contributed by atoms with E-state index in [9.17, 15) is 14.9 Å². The molecule has 1 aromatic rings. The lowest BCUT2D eigenvalue weighted by molar-refractivity contribution is -0.386. The summed E-state index contributed by atoms with van der Waals surface area (Å²) in [7, 11) is 0. The number of pyridine rings is 1. The first-order chi connectivity index (χ1) is 8.06.